The highest BCUT2D eigenvalue weighted by Gasteiger charge is 2.16. The molecule has 0 radical (unpaired) electrons. The summed E-state index contributed by atoms with van der Waals surface area (Å²) in [5.41, 5.74) is 6.21. The predicted molar refractivity (Wildman–Crippen MR) is 84.3 cm³/mol. The van der Waals surface area contributed by atoms with Crippen LogP contribution in [-0.2, 0) is 6.42 Å². The van der Waals surface area contributed by atoms with Crippen LogP contribution >= 0.6 is 27.3 Å². The van der Waals surface area contributed by atoms with Gasteiger partial charge >= 0.3 is 0 Å². The van der Waals surface area contributed by atoms with Crippen molar-refractivity contribution in [2.75, 3.05) is 5.32 Å². The first kappa shape index (κ1) is 14.7. The Labute approximate surface area is 129 Å². The Hall–Kier alpha value is -1.66. The van der Waals surface area contributed by atoms with Gasteiger partial charge in [0, 0.05) is 14.9 Å². The smallest absolute Gasteiger partial charge is 0.256 e. The van der Waals surface area contributed by atoms with Gasteiger partial charge in [0.1, 0.15) is 5.00 Å². The summed E-state index contributed by atoms with van der Waals surface area (Å²) in [5, 5.41) is 3.25. The van der Waals surface area contributed by atoms with Crippen LogP contribution in [0.5, 0.6) is 0 Å². The number of carbonyl (C=O) groups excluding carboxylic acids is 2. The summed E-state index contributed by atoms with van der Waals surface area (Å²) in [7, 11) is 0. The lowest BCUT2D eigenvalue weighted by Crippen LogP contribution is -2.16. The molecule has 0 saturated heterocycles. The topological polar surface area (TPSA) is 72.2 Å². The van der Waals surface area contributed by atoms with E-state index in [9.17, 15) is 9.59 Å². The molecule has 0 spiro atoms. The van der Waals surface area contributed by atoms with E-state index >= 15 is 0 Å². The zero-order valence-electron chi connectivity index (χ0n) is 10.8. The van der Waals surface area contributed by atoms with Gasteiger partial charge < -0.3 is 11.1 Å². The Morgan fingerprint density at radius 3 is 2.50 bits per heavy atom. The molecule has 2 amide bonds. The Bertz CT molecular complexity index is 650. The van der Waals surface area contributed by atoms with Crippen molar-refractivity contribution in [2.24, 2.45) is 5.73 Å². The van der Waals surface area contributed by atoms with Crippen LogP contribution in [0, 0.1) is 0 Å². The SMILES string of the molecule is CCc1cc(C(N)=O)c(NC(=O)c2ccc(Br)cc2)s1. The highest BCUT2D eigenvalue weighted by atomic mass is 79.9. The zero-order chi connectivity index (χ0) is 14.7. The van der Waals surface area contributed by atoms with Gasteiger partial charge in [-0.05, 0) is 36.8 Å². The number of nitrogens with two attached hydrogens (primary N) is 1. The molecule has 1 heterocycles. The molecule has 0 unspecified atom stereocenters. The standard InChI is InChI=1S/C14H13BrN2O2S/c1-2-10-7-11(12(16)18)14(20-10)17-13(19)8-3-5-9(15)6-4-8/h3-7H,2H2,1H3,(H2,16,18)(H,17,19). The fraction of sp³-hybridized carbons (Fsp3) is 0.143. The first-order valence-corrected chi connectivity index (χ1v) is 7.61. The zero-order valence-corrected chi connectivity index (χ0v) is 13.2. The second kappa shape index (κ2) is 6.19. The largest absolute Gasteiger partial charge is 0.366 e. The highest BCUT2D eigenvalue weighted by Crippen LogP contribution is 2.28. The van der Waals surface area contributed by atoms with E-state index in [1.54, 1.807) is 30.3 Å². The molecule has 0 aliphatic carbocycles. The number of benzene rings is 1. The summed E-state index contributed by atoms with van der Waals surface area (Å²) in [6.07, 6.45) is 0.791. The van der Waals surface area contributed by atoms with Crippen LogP contribution in [0.4, 0.5) is 5.00 Å². The molecular formula is C14H13BrN2O2S. The molecule has 0 fully saturated rings. The van der Waals surface area contributed by atoms with Crippen LogP contribution in [0.1, 0.15) is 32.5 Å². The van der Waals surface area contributed by atoms with Gasteiger partial charge in [-0.15, -0.1) is 11.3 Å². The average Bonchev–Trinajstić information content (AvgIpc) is 2.82. The summed E-state index contributed by atoms with van der Waals surface area (Å²) in [5.74, 6) is -0.795. The number of carbonyl (C=O) groups is 2. The summed E-state index contributed by atoms with van der Waals surface area (Å²) < 4.78 is 0.899. The third-order valence-corrected chi connectivity index (χ3v) is 4.45. The molecule has 4 nitrogen and oxygen atoms in total. The van der Waals surface area contributed by atoms with Gasteiger partial charge in [-0.2, -0.15) is 0 Å². The molecule has 6 heteroatoms. The van der Waals surface area contributed by atoms with Gasteiger partial charge in [-0.1, -0.05) is 22.9 Å². The maximum atomic E-state index is 12.1. The molecule has 0 bridgehead atoms. The Morgan fingerprint density at radius 1 is 1.30 bits per heavy atom. The minimum atomic E-state index is -0.535. The molecule has 20 heavy (non-hydrogen) atoms. The van der Waals surface area contributed by atoms with E-state index in [0.29, 0.717) is 16.1 Å². The minimum absolute atomic E-state index is 0.260. The third kappa shape index (κ3) is 3.26. The van der Waals surface area contributed by atoms with Crippen LogP contribution in [0.2, 0.25) is 0 Å². The number of halogens is 1. The molecule has 0 aliphatic heterocycles. The van der Waals surface area contributed by atoms with Crippen molar-refractivity contribution in [2.45, 2.75) is 13.3 Å². The van der Waals surface area contributed by atoms with Crippen LogP contribution in [-0.4, -0.2) is 11.8 Å². The second-order valence-electron chi connectivity index (χ2n) is 4.13. The molecule has 104 valence electrons. The van der Waals surface area contributed by atoms with Crippen LogP contribution in [0.3, 0.4) is 0 Å². The molecule has 3 N–H and O–H groups in total. The molecule has 0 saturated carbocycles. The third-order valence-electron chi connectivity index (χ3n) is 2.73. The van der Waals surface area contributed by atoms with Gasteiger partial charge in [0.25, 0.3) is 11.8 Å². The molecule has 1 aromatic heterocycles. The number of anilines is 1. The number of nitrogens with one attached hydrogen (secondary N) is 1. The fourth-order valence-corrected chi connectivity index (χ4v) is 2.93. The molecular weight excluding hydrogens is 340 g/mol. The molecule has 2 aromatic rings. The lowest BCUT2D eigenvalue weighted by Gasteiger charge is -2.04. The van der Waals surface area contributed by atoms with E-state index in [2.05, 4.69) is 21.2 Å². The maximum absolute atomic E-state index is 12.1. The van der Waals surface area contributed by atoms with Crippen molar-refractivity contribution >= 4 is 44.1 Å². The first-order chi connectivity index (χ1) is 9.51. The van der Waals surface area contributed by atoms with Crippen molar-refractivity contribution in [3.05, 3.63) is 50.8 Å². The predicted octanol–water partition coefficient (Wildman–Crippen LogP) is 3.42. The van der Waals surface area contributed by atoms with Gasteiger partial charge in [-0.3, -0.25) is 9.59 Å². The Balaban J connectivity index is 2.25. The van der Waals surface area contributed by atoms with Crippen LogP contribution in [0.25, 0.3) is 0 Å². The number of primary amides is 1. The van der Waals surface area contributed by atoms with E-state index in [0.717, 1.165) is 15.8 Å². The van der Waals surface area contributed by atoms with Gasteiger partial charge in [-0.25, -0.2) is 0 Å². The van der Waals surface area contributed by atoms with E-state index in [4.69, 9.17) is 5.73 Å². The van der Waals surface area contributed by atoms with E-state index in [1.807, 2.05) is 6.92 Å². The number of hydrogen-bond acceptors (Lipinski definition) is 3. The molecule has 2 rings (SSSR count). The maximum Gasteiger partial charge on any atom is 0.256 e. The molecule has 0 aliphatic rings. The number of amides is 2. The Kier molecular flexibility index (Phi) is 4.57. The van der Waals surface area contributed by atoms with Crippen molar-refractivity contribution in [3.63, 3.8) is 0 Å². The summed E-state index contributed by atoms with van der Waals surface area (Å²) in [6.45, 7) is 1.98. The van der Waals surface area contributed by atoms with Crippen molar-refractivity contribution < 1.29 is 9.59 Å². The van der Waals surface area contributed by atoms with E-state index in [-0.39, 0.29) is 5.91 Å². The lowest BCUT2D eigenvalue weighted by atomic mass is 10.2. The quantitative estimate of drug-likeness (QED) is 0.884. The normalized spacial score (nSPS) is 10.3. The number of aryl methyl sites for hydroxylation is 1. The summed E-state index contributed by atoms with van der Waals surface area (Å²) >= 11 is 4.69. The molecule has 1 aromatic carbocycles. The lowest BCUT2D eigenvalue weighted by molar-refractivity contribution is 0.100. The summed E-state index contributed by atoms with van der Waals surface area (Å²) in [4.78, 5) is 24.5. The van der Waals surface area contributed by atoms with Gasteiger partial charge in [0.15, 0.2) is 0 Å². The minimum Gasteiger partial charge on any atom is -0.366 e. The van der Waals surface area contributed by atoms with Crippen LogP contribution in [0.15, 0.2) is 34.8 Å². The first-order valence-electron chi connectivity index (χ1n) is 6.00. The fourth-order valence-electron chi connectivity index (χ4n) is 1.67. The van der Waals surface area contributed by atoms with Gasteiger partial charge in [0.2, 0.25) is 0 Å². The second-order valence-corrected chi connectivity index (χ2v) is 6.19. The number of rotatable bonds is 4. The van der Waals surface area contributed by atoms with Crippen molar-refractivity contribution in [1.29, 1.82) is 0 Å². The van der Waals surface area contributed by atoms with Crippen LogP contribution < -0.4 is 11.1 Å². The monoisotopic (exact) mass is 352 g/mol. The van der Waals surface area contributed by atoms with Crippen molar-refractivity contribution in [3.8, 4) is 0 Å². The van der Waals surface area contributed by atoms with Gasteiger partial charge in [0.05, 0.1) is 5.56 Å². The summed E-state index contributed by atoms with van der Waals surface area (Å²) in [6, 6.07) is 8.71. The van der Waals surface area contributed by atoms with Crippen molar-refractivity contribution in [1.82, 2.24) is 0 Å². The highest BCUT2D eigenvalue weighted by molar-refractivity contribution is 9.10. The molecule has 0 atom stereocenters. The van der Waals surface area contributed by atoms with E-state index in [1.165, 1.54) is 11.3 Å². The Morgan fingerprint density at radius 2 is 1.95 bits per heavy atom. The average molecular weight is 353 g/mol. The number of thiophene rings is 1. The number of hydrogen-bond donors (Lipinski definition) is 2. The van der Waals surface area contributed by atoms with E-state index < -0.39 is 5.91 Å².